The van der Waals surface area contributed by atoms with Crippen LogP contribution in [0.4, 0.5) is 5.82 Å². The van der Waals surface area contributed by atoms with Crippen LogP contribution < -0.4 is 5.32 Å². The van der Waals surface area contributed by atoms with Gasteiger partial charge in [0.05, 0.1) is 18.1 Å². The van der Waals surface area contributed by atoms with E-state index in [1.54, 1.807) is 12.5 Å². The molecule has 0 fully saturated rings. The third-order valence-corrected chi connectivity index (χ3v) is 3.25. The second-order valence-corrected chi connectivity index (χ2v) is 4.44. The predicted octanol–water partition coefficient (Wildman–Crippen LogP) is 2.22. The average molecular weight is 253 g/mol. The highest BCUT2D eigenvalue weighted by atomic mass is 15.3. The fourth-order valence-electron chi connectivity index (χ4n) is 2.16. The molecule has 1 aromatic carbocycles. The monoisotopic (exact) mass is 253 g/mol. The normalized spacial score (nSPS) is 10.8. The molecule has 0 saturated carbocycles. The van der Waals surface area contributed by atoms with Gasteiger partial charge in [0, 0.05) is 7.05 Å². The average Bonchev–Trinajstić information content (AvgIpc) is 2.84. The SMILES string of the molecule is CNc1ncnc2c1cnn2Cc1ccccc1C. The van der Waals surface area contributed by atoms with Crippen molar-refractivity contribution in [1.82, 2.24) is 19.7 Å². The molecule has 0 saturated heterocycles. The van der Waals surface area contributed by atoms with Crippen LogP contribution in [-0.2, 0) is 6.54 Å². The summed E-state index contributed by atoms with van der Waals surface area (Å²) in [6.07, 6.45) is 3.36. The second-order valence-electron chi connectivity index (χ2n) is 4.44. The van der Waals surface area contributed by atoms with E-state index in [2.05, 4.69) is 39.4 Å². The highest BCUT2D eigenvalue weighted by Crippen LogP contribution is 2.19. The Kier molecular flexibility index (Phi) is 2.87. The maximum absolute atomic E-state index is 4.41. The summed E-state index contributed by atoms with van der Waals surface area (Å²) in [5.41, 5.74) is 3.36. The van der Waals surface area contributed by atoms with E-state index in [4.69, 9.17) is 0 Å². The van der Waals surface area contributed by atoms with Crippen molar-refractivity contribution in [3.63, 3.8) is 0 Å². The molecular weight excluding hydrogens is 238 g/mol. The zero-order valence-electron chi connectivity index (χ0n) is 11.0. The zero-order valence-corrected chi connectivity index (χ0v) is 11.0. The summed E-state index contributed by atoms with van der Waals surface area (Å²) in [7, 11) is 1.85. The fraction of sp³-hybridized carbons (Fsp3) is 0.214. The molecule has 5 nitrogen and oxygen atoms in total. The number of benzene rings is 1. The van der Waals surface area contributed by atoms with Crippen LogP contribution in [0.1, 0.15) is 11.1 Å². The van der Waals surface area contributed by atoms with Crippen molar-refractivity contribution < 1.29 is 0 Å². The summed E-state index contributed by atoms with van der Waals surface area (Å²) in [6, 6.07) is 8.31. The molecule has 2 aromatic heterocycles. The van der Waals surface area contributed by atoms with Gasteiger partial charge < -0.3 is 5.32 Å². The summed E-state index contributed by atoms with van der Waals surface area (Å²) >= 11 is 0. The second kappa shape index (κ2) is 4.68. The summed E-state index contributed by atoms with van der Waals surface area (Å²) in [6.45, 7) is 2.82. The number of fused-ring (bicyclic) bond motifs is 1. The predicted molar refractivity (Wildman–Crippen MR) is 75.2 cm³/mol. The molecule has 0 aliphatic carbocycles. The molecular formula is C14H15N5. The van der Waals surface area contributed by atoms with Gasteiger partial charge in [0.25, 0.3) is 0 Å². The van der Waals surface area contributed by atoms with Crippen LogP contribution in [0.5, 0.6) is 0 Å². The fourth-order valence-corrected chi connectivity index (χ4v) is 2.16. The molecule has 19 heavy (non-hydrogen) atoms. The molecule has 2 heterocycles. The summed E-state index contributed by atoms with van der Waals surface area (Å²) in [5, 5.41) is 8.41. The van der Waals surface area contributed by atoms with E-state index in [1.807, 2.05) is 23.9 Å². The van der Waals surface area contributed by atoms with E-state index >= 15 is 0 Å². The lowest BCUT2D eigenvalue weighted by Gasteiger charge is -2.06. The molecule has 0 spiro atoms. The van der Waals surface area contributed by atoms with E-state index in [9.17, 15) is 0 Å². The summed E-state index contributed by atoms with van der Waals surface area (Å²) in [5.74, 6) is 0.807. The van der Waals surface area contributed by atoms with Gasteiger partial charge in [-0.1, -0.05) is 24.3 Å². The Morgan fingerprint density at radius 3 is 2.84 bits per heavy atom. The van der Waals surface area contributed by atoms with Crippen molar-refractivity contribution in [2.24, 2.45) is 0 Å². The van der Waals surface area contributed by atoms with Crippen LogP contribution >= 0.6 is 0 Å². The molecule has 5 heteroatoms. The number of nitrogens with zero attached hydrogens (tertiary/aromatic N) is 4. The quantitative estimate of drug-likeness (QED) is 0.777. The van der Waals surface area contributed by atoms with Gasteiger partial charge in [-0.2, -0.15) is 5.10 Å². The Morgan fingerprint density at radius 2 is 2.05 bits per heavy atom. The number of nitrogens with one attached hydrogen (secondary N) is 1. The van der Waals surface area contributed by atoms with Gasteiger partial charge in [-0.05, 0) is 18.1 Å². The first-order valence-electron chi connectivity index (χ1n) is 6.18. The van der Waals surface area contributed by atoms with Crippen LogP contribution in [0, 0.1) is 6.92 Å². The summed E-state index contributed by atoms with van der Waals surface area (Å²) < 4.78 is 1.90. The molecule has 3 aromatic rings. The Bertz CT molecular complexity index is 717. The first-order chi connectivity index (χ1) is 9.29. The standard InChI is InChI=1S/C14H15N5/c1-10-5-3-4-6-11(10)8-19-14-12(7-18-19)13(15-2)16-9-17-14/h3-7,9H,8H2,1-2H3,(H,15,16,17). The first-order valence-corrected chi connectivity index (χ1v) is 6.18. The molecule has 0 atom stereocenters. The summed E-state index contributed by atoms with van der Waals surface area (Å²) in [4.78, 5) is 8.51. The van der Waals surface area contributed by atoms with E-state index in [0.717, 1.165) is 23.4 Å². The molecule has 0 bridgehead atoms. The lowest BCUT2D eigenvalue weighted by Crippen LogP contribution is -2.04. The van der Waals surface area contributed by atoms with E-state index in [0.29, 0.717) is 0 Å². The molecule has 96 valence electrons. The van der Waals surface area contributed by atoms with Crippen molar-refractivity contribution in [3.05, 3.63) is 47.9 Å². The molecule has 0 amide bonds. The van der Waals surface area contributed by atoms with Crippen LogP contribution in [0.2, 0.25) is 0 Å². The minimum absolute atomic E-state index is 0.719. The Hall–Kier alpha value is -2.43. The lowest BCUT2D eigenvalue weighted by molar-refractivity contribution is 0.700. The lowest BCUT2D eigenvalue weighted by atomic mass is 10.1. The third-order valence-electron chi connectivity index (χ3n) is 3.25. The smallest absolute Gasteiger partial charge is 0.163 e. The molecule has 0 aliphatic rings. The van der Waals surface area contributed by atoms with Gasteiger partial charge in [-0.15, -0.1) is 0 Å². The van der Waals surface area contributed by atoms with Gasteiger partial charge in [-0.3, -0.25) is 0 Å². The van der Waals surface area contributed by atoms with E-state index < -0.39 is 0 Å². The number of rotatable bonds is 3. The first kappa shape index (κ1) is 11.6. The van der Waals surface area contributed by atoms with Gasteiger partial charge in [0.1, 0.15) is 12.1 Å². The largest absolute Gasteiger partial charge is 0.372 e. The third kappa shape index (κ3) is 2.03. The van der Waals surface area contributed by atoms with Crippen molar-refractivity contribution in [3.8, 4) is 0 Å². The van der Waals surface area contributed by atoms with Crippen molar-refractivity contribution >= 4 is 16.9 Å². The van der Waals surface area contributed by atoms with Gasteiger partial charge in [0.15, 0.2) is 5.65 Å². The molecule has 0 radical (unpaired) electrons. The van der Waals surface area contributed by atoms with E-state index in [1.165, 1.54) is 11.1 Å². The highest BCUT2D eigenvalue weighted by molar-refractivity contribution is 5.85. The molecule has 0 unspecified atom stereocenters. The topological polar surface area (TPSA) is 55.6 Å². The van der Waals surface area contributed by atoms with Gasteiger partial charge in [-0.25, -0.2) is 14.6 Å². The number of hydrogen-bond acceptors (Lipinski definition) is 4. The Labute approximate surface area is 111 Å². The van der Waals surface area contributed by atoms with Crippen molar-refractivity contribution in [1.29, 1.82) is 0 Å². The Balaban J connectivity index is 2.05. The maximum Gasteiger partial charge on any atom is 0.163 e. The minimum atomic E-state index is 0.719. The number of aryl methyl sites for hydroxylation is 1. The minimum Gasteiger partial charge on any atom is -0.372 e. The van der Waals surface area contributed by atoms with Gasteiger partial charge in [0.2, 0.25) is 0 Å². The van der Waals surface area contributed by atoms with Crippen LogP contribution in [0.15, 0.2) is 36.8 Å². The number of hydrogen-bond donors (Lipinski definition) is 1. The molecule has 0 aliphatic heterocycles. The Morgan fingerprint density at radius 1 is 1.21 bits per heavy atom. The molecule has 3 rings (SSSR count). The zero-order chi connectivity index (χ0) is 13.2. The van der Waals surface area contributed by atoms with Gasteiger partial charge >= 0.3 is 0 Å². The highest BCUT2D eigenvalue weighted by Gasteiger charge is 2.09. The van der Waals surface area contributed by atoms with Crippen LogP contribution in [0.3, 0.4) is 0 Å². The van der Waals surface area contributed by atoms with E-state index in [-0.39, 0.29) is 0 Å². The molecule has 1 N–H and O–H groups in total. The van der Waals surface area contributed by atoms with Crippen molar-refractivity contribution in [2.45, 2.75) is 13.5 Å². The number of aromatic nitrogens is 4. The van der Waals surface area contributed by atoms with Crippen LogP contribution in [0.25, 0.3) is 11.0 Å². The van der Waals surface area contributed by atoms with Crippen LogP contribution in [-0.4, -0.2) is 26.8 Å². The number of anilines is 1. The maximum atomic E-state index is 4.41. The van der Waals surface area contributed by atoms with Crippen molar-refractivity contribution in [2.75, 3.05) is 12.4 Å².